The fourth-order valence-electron chi connectivity index (χ4n) is 1.75. The zero-order valence-corrected chi connectivity index (χ0v) is 14.6. The lowest BCUT2D eigenvalue weighted by molar-refractivity contribution is -0.384. The summed E-state index contributed by atoms with van der Waals surface area (Å²) >= 11 is 0.870. The summed E-state index contributed by atoms with van der Waals surface area (Å²) in [4.78, 5) is 22.2. The van der Waals surface area contributed by atoms with Gasteiger partial charge in [0.05, 0.1) is 11.2 Å². The average molecular weight is 386 g/mol. The van der Waals surface area contributed by atoms with Gasteiger partial charge in [0.1, 0.15) is 5.69 Å². The van der Waals surface area contributed by atoms with Gasteiger partial charge in [-0.05, 0) is 6.07 Å². The summed E-state index contributed by atoms with van der Waals surface area (Å²) < 4.78 is 24.3. The van der Waals surface area contributed by atoms with E-state index in [0.29, 0.717) is 5.69 Å². The Bertz CT molecular complexity index is 882. The maximum absolute atomic E-state index is 11.8. The van der Waals surface area contributed by atoms with E-state index in [1.54, 1.807) is 18.2 Å². The van der Waals surface area contributed by atoms with Crippen LogP contribution in [0.3, 0.4) is 0 Å². The van der Waals surface area contributed by atoms with Crippen LogP contribution in [0.25, 0.3) is 0 Å². The molecule has 2 rings (SSSR count). The first-order valence-electron chi connectivity index (χ1n) is 6.83. The number of aromatic nitrogens is 2. The van der Waals surface area contributed by atoms with Crippen LogP contribution in [-0.2, 0) is 14.8 Å². The van der Waals surface area contributed by atoms with Gasteiger partial charge in [-0.2, -0.15) is 0 Å². The van der Waals surface area contributed by atoms with Crippen LogP contribution >= 0.6 is 11.3 Å². The molecule has 0 saturated carbocycles. The fraction of sp³-hybridized carbons (Fsp3) is 0.250. The van der Waals surface area contributed by atoms with Crippen LogP contribution < -0.4 is 15.4 Å². The van der Waals surface area contributed by atoms with Gasteiger partial charge in [0.2, 0.25) is 26.2 Å². The lowest BCUT2D eigenvalue weighted by Crippen LogP contribution is -2.16. The number of carbonyl (C=O) groups excluding carboxylic acids is 1. The molecule has 0 bridgehead atoms. The van der Waals surface area contributed by atoms with Crippen LogP contribution in [0.4, 0.5) is 21.6 Å². The summed E-state index contributed by atoms with van der Waals surface area (Å²) in [7, 11) is -3.47. The number of hydrogen-bond acceptors (Lipinski definition) is 9. The molecule has 3 N–H and O–H groups in total. The smallest absolute Gasteiger partial charge is 0.292 e. The highest BCUT2D eigenvalue weighted by Crippen LogP contribution is 2.23. The van der Waals surface area contributed by atoms with Gasteiger partial charge < -0.3 is 10.6 Å². The molecule has 1 heterocycles. The molecule has 134 valence electrons. The van der Waals surface area contributed by atoms with Crippen LogP contribution in [0.15, 0.2) is 24.3 Å². The highest BCUT2D eigenvalue weighted by Gasteiger charge is 2.13. The first kappa shape index (κ1) is 18.5. The van der Waals surface area contributed by atoms with Gasteiger partial charge in [-0.3, -0.25) is 19.6 Å². The molecular weight excluding hydrogens is 372 g/mol. The Morgan fingerprint density at radius 2 is 1.96 bits per heavy atom. The van der Waals surface area contributed by atoms with E-state index in [9.17, 15) is 23.3 Å². The zero-order valence-electron chi connectivity index (χ0n) is 12.9. The quantitative estimate of drug-likeness (QED) is 0.452. The topological polar surface area (TPSA) is 156 Å². The summed E-state index contributed by atoms with van der Waals surface area (Å²) in [5.74, 6) is -0.395. The number of nitro groups is 1. The van der Waals surface area contributed by atoms with Crippen LogP contribution in [0.5, 0.6) is 0 Å². The molecule has 13 heteroatoms. The maximum Gasteiger partial charge on any atom is 0.292 e. The van der Waals surface area contributed by atoms with Crippen LogP contribution in [-0.4, -0.2) is 42.2 Å². The van der Waals surface area contributed by atoms with Gasteiger partial charge in [0.15, 0.2) is 0 Å². The molecule has 0 fully saturated rings. The van der Waals surface area contributed by atoms with Gasteiger partial charge in [-0.25, -0.2) is 8.42 Å². The van der Waals surface area contributed by atoms with Crippen LogP contribution in [0.2, 0.25) is 0 Å². The third-order valence-corrected chi connectivity index (χ3v) is 4.16. The first-order chi connectivity index (χ1) is 11.7. The van der Waals surface area contributed by atoms with Gasteiger partial charge in [0.25, 0.3) is 5.69 Å². The number of amides is 1. The number of anilines is 3. The maximum atomic E-state index is 11.8. The molecule has 1 aromatic carbocycles. The Balaban J connectivity index is 1.85. The van der Waals surface area contributed by atoms with Gasteiger partial charge in [0, 0.05) is 19.0 Å². The van der Waals surface area contributed by atoms with Gasteiger partial charge >= 0.3 is 0 Å². The molecule has 0 aliphatic rings. The zero-order chi connectivity index (χ0) is 18.4. The van der Waals surface area contributed by atoms with E-state index in [1.807, 2.05) is 0 Å². The van der Waals surface area contributed by atoms with Crippen molar-refractivity contribution in [3.63, 3.8) is 0 Å². The summed E-state index contributed by atoms with van der Waals surface area (Å²) in [5.41, 5.74) is 0.236. The SMILES string of the molecule is CS(=O)(=O)Nc1nnc(NC(=O)CCNc2ccccc2[N+](=O)[O-])s1. The predicted molar refractivity (Wildman–Crippen MR) is 93.2 cm³/mol. The van der Waals surface area contributed by atoms with E-state index < -0.39 is 20.9 Å². The number of rotatable bonds is 8. The molecule has 0 aliphatic heterocycles. The molecule has 0 atom stereocenters. The molecule has 1 amide bonds. The number of nitrogens with one attached hydrogen (secondary N) is 3. The van der Waals surface area contributed by atoms with Crippen molar-refractivity contribution >= 4 is 48.9 Å². The van der Waals surface area contributed by atoms with Crippen molar-refractivity contribution in [1.29, 1.82) is 0 Å². The Hall–Kier alpha value is -2.80. The Labute approximate surface area is 146 Å². The lowest BCUT2D eigenvalue weighted by Gasteiger charge is -2.06. The molecule has 25 heavy (non-hydrogen) atoms. The molecule has 2 aromatic rings. The molecule has 11 nitrogen and oxygen atoms in total. The fourth-order valence-corrected chi connectivity index (χ4v) is 3.24. The second-order valence-electron chi connectivity index (χ2n) is 4.79. The van der Waals surface area contributed by atoms with Crippen molar-refractivity contribution in [2.45, 2.75) is 6.42 Å². The highest BCUT2D eigenvalue weighted by molar-refractivity contribution is 7.92. The molecule has 0 saturated heterocycles. The van der Waals surface area contributed by atoms with E-state index >= 15 is 0 Å². The van der Waals surface area contributed by atoms with Crippen molar-refractivity contribution in [1.82, 2.24) is 10.2 Å². The number of carbonyl (C=O) groups is 1. The van der Waals surface area contributed by atoms with Gasteiger partial charge in [-0.15, -0.1) is 10.2 Å². The van der Waals surface area contributed by atoms with Gasteiger partial charge in [-0.1, -0.05) is 23.5 Å². The van der Waals surface area contributed by atoms with E-state index in [0.717, 1.165) is 17.6 Å². The van der Waals surface area contributed by atoms with Crippen molar-refractivity contribution < 1.29 is 18.1 Å². The summed E-state index contributed by atoms with van der Waals surface area (Å²) in [5, 5.41) is 23.6. The summed E-state index contributed by atoms with van der Waals surface area (Å²) in [6, 6.07) is 6.10. The normalized spacial score (nSPS) is 10.9. The summed E-state index contributed by atoms with van der Waals surface area (Å²) in [6.07, 6.45) is 1.00. The van der Waals surface area contributed by atoms with E-state index in [1.165, 1.54) is 6.07 Å². The van der Waals surface area contributed by atoms with Crippen molar-refractivity contribution in [2.75, 3.05) is 28.2 Å². The first-order valence-corrected chi connectivity index (χ1v) is 9.54. The molecule has 1 aromatic heterocycles. The Kier molecular flexibility index (Phi) is 5.82. The predicted octanol–water partition coefficient (Wildman–Crippen LogP) is 1.26. The Morgan fingerprint density at radius 1 is 1.28 bits per heavy atom. The molecule has 0 radical (unpaired) electrons. The number of nitrogens with zero attached hydrogens (tertiary/aromatic N) is 3. The Morgan fingerprint density at radius 3 is 2.64 bits per heavy atom. The average Bonchev–Trinajstić information content (AvgIpc) is 2.92. The van der Waals surface area contributed by atoms with Crippen molar-refractivity contribution in [3.05, 3.63) is 34.4 Å². The number of hydrogen-bond donors (Lipinski definition) is 3. The van der Waals surface area contributed by atoms with Crippen molar-refractivity contribution in [3.8, 4) is 0 Å². The number of para-hydroxylation sites is 2. The number of sulfonamides is 1. The molecule has 0 aliphatic carbocycles. The summed E-state index contributed by atoms with van der Waals surface area (Å²) in [6.45, 7) is 0.171. The third-order valence-electron chi connectivity index (χ3n) is 2.71. The van der Waals surface area contributed by atoms with Crippen molar-refractivity contribution in [2.24, 2.45) is 0 Å². The number of nitro benzene ring substituents is 1. The molecule has 0 unspecified atom stereocenters. The third kappa shape index (κ3) is 5.96. The van der Waals surface area contributed by atoms with Crippen LogP contribution in [0, 0.1) is 10.1 Å². The largest absolute Gasteiger partial charge is 0.379 e. The second kappa shape index (κ2) is 7.85. The monoisotopic (exact) mass is 386 g/mol. The lowest BCUT2D eigenvalue weighted by atomic mass is 10.2. The molecule has 0 spiro atoms. The van der Waals surface area contributed by atoms with E-state index in [2.05, 4.69) is 25.6 Å². The number of benzene rings is 1. The highest BCUT2D eigenvalue weighted by atomic mass is 32.2. The molecular formula is C12H14N6O5S2. The standard InChI is InChI=1S/C12H14N6O5S2/c1-25(22,23)17-12-16-15-11(24-12)14-10(19)6-7-13-8-4-2-3-5-9(8)18(20)21/h2-5,13H,6-7H2,1H3,(H,16,17)(H,14,15,19). The minimum absolute atomic E-state index is 0.0282. The second-order valence-corrected chi connectivity index (χ2v) is 7.51. The van der Waals surface area contributed by atoms with E-state index in [-0.39, 0.29) is 28.9 Å². The van der Waals surface area contributed by atoms with Crippen LogP contribution in [0.1, 0.15) is 6.42 Å². The van der Waals surface area contributed by atoms with E-state index in [4.69, 9.17) is 0 Å². The minimum Gasteiger partial charge on any atom is -0.379 e. The minimum atomic E-state index is -3.47.